The lowest BCUT2D eigenvalue weighted by atomic mass is 10.1. The van der Waals surface area contributed by atoms with Crippen molar-refractivity contribution in [2.24, 2.45) is 0 Å². The van der Waals surface area contributed by atoms with Gasteiger partial charge in [-0.05, 0) is 67.9 Å². The van der Waals surface area contributed by atoms with Gasteiger partial charge in [0.2, 0.25) is 26.6 Å². The summed E-state index contributed by atoms with van der Waals surface area (Å²) in [6, 6.07) is 20.9. The second-order valence-electron chi connectivity index (χ2n) is 7.34. The molecule has 0 saturated carbocycles. The van der Waals surface area contributed by atoms with Gasteiger partial charge in [-0.2, -0.15) is 4.98 Å². The molecule has 0 aliphatic carbocycles. The van der Waals surface area contributed by atoms with E-state index in [-0.39, 0.29) is 27.7 Å². The fourth-order valence-corrected chi connectivity index (χ4v) is 4.58. The summed E-state index contributed by atoms with van der Waals surface area (Å²) in [5, 5.41) is 2.87. The SMILES string of the molecule is CCOc1ccc(-c2nc(S(=O)(=O)c3ccc(F)cc3)c(NC(C)c3ccccc3)o2)cc1. The Morgan fingerprint density at radius 2 is 1.67 bits per heavy atom. The van der Waals surface area contributed by atoms with E-state index < -0.39 is 15.7 Å². The summed E-state index contributed by atoms with van der Waals surface area (Å²) >= 11 is 0. The van der Waals surface area contributed by atoms with Gasteiger partial charge in [-0.25, -0.2) is 12.8 Å². The largest absolute Gasteiger partial charge is 0.494 e. The maximum atomic E-state index is 13.4. The third-order valence-corrected chi connectivity index (χ3v) is 6.71. The first-order valence-electron chi connectivity index (χ1n) is 10.4. The summed E-state index contributed by atoms with van der Waals surface area (Å²) in [7, 11) is -4.08. The van der Waals surface area contributed by atoms with Crippen LogP contribution in [0.2, 0.25) is 0 Å². The molecule has 0 fully saturated rings. The number of benzene rings is 3. The van der Waals surface area contributed by atoms with Gasteiger partial charge >= 0.3 is 0 Å². The Hall–Kier alpha value is -3.65. The number of ether oxygens (including phenoxy) is 1. The molecule has 0 radical (unpaired) electrons. The zero-order valence-electron chi connectivity index (χ0n) is 18.2. The number of rotatable bonds is 8. The van der Waals surface area contributed by atoms with E-state index >= 15 is 0 Å². The molecule has 3 aromatic carbocycles. The number of hydrogen-bond acceptors (Lipinski definition) is 6. The van der Waals surface area contributed by atoms with Crippen LogP contribution < -0.4 is 10.1 Å². The summed E-state index contributed by atoms with van der Waals surface area (Å²) in [6.07, 6.45) is 0. The second-order valence-corrected chi connectivity index (χ2v) is 9.21. The molecular weight excluding hydrogens is 443 g/mol. The minimum atomic E-state index is -4.08. The molecule has 1 atom stereocenters. The van der Waals surface area contributed by atoms with Crippen LogP contribution in [0.5, 0.6) is 5.75 Å². The van der Waals surface area contributed by atoms with Gasteiger partial charge in [-0.1, -0.05) is 30.3 Å². The first-order valence-corrected chi connectivity index (χ1v) is 11.9. The Labute approximate surface area is 192 Å². The number of aromatic nitrogens is 1. The van der Waals surface area contributed by atoms with Gasteiger partial charge in [0, 0.05) is 5.56 Å². The molecule has 0 aliphatic heterocycles. The fraction of sp³-hybridized carbons (Fsp3) is 0.160. The lowest BCUT2D eigenvalue weighted by Crippen LogP contribution is -2.10. The smallest absolute Gasteiger partial charge is 0.234 e. The highest BCUT2D eigenvalue weighted by atomic mass is 32.2. The minimum absolute atomic E-state index is 0.0135. The third kappa shape index (κ3) is 4.90. The first-order chi connectivity index (χ1) is 15.9. The Morgan fingerprint density at radius 1 is 1.00 bits per heavy atom. The lowest BCUT2D eigenvalue weighted by Gasteiger charge is -2.14. The van der Waals surface area contributed by atoms with E-state index in [0.29, 0.717) is 17.9 Å². The molecule has 1 unspecified atom stereocenters. The van der Waals surface area contributed by atoms with Crippen molar-refractivity contribution >= 4 is 15.7 Å². The highest BCUT2D eigenvalue weighted by Gasteiger charge is 2.29. The topological polar surface area (TPSA) is 81.4 Å². The molecule has 0 aliphatic rings. The molecule has 0 saturated heterocycles. The Kier molecular flexibility index (Phi) is 6.46. The van der Waals surface area contributed by atoms with Crippen molar-refractivity contribution in [3.05, 3.63) is 90.2 Å². The number of hydrogen-bond donors (Lipinski definition) is 1. The zero-order chi connectivity index (χ0) is 23.4. The van der Waals surface area contributed by atoms with Gasteiger partial charge in [0.15, 0.2) is 0 Å². The van der Waals surface area contributed by atoms with Crippen molar-refractivity contribution in [1.29, 1.82) is 0 Å². The Balaban J connectivity index is 1.76. The summed E-state index contributed by atoms with van der Waals surface area (Å²) < 4.78 is 51.5. The number of halogens is 1. The molecule has 170 valence electrons. The van der Waals surface area contributed by atoms with E-state index in [9.17, 15) is 12.8 Å². The molecule has 6 nitrogen and oxygen atoms in total. The summed E-state index contributed by atoms with van der Waals surface area (Å²) in [5.74, 6) is 0.310. The van der Waals surface area contributed by atoms with Crippen LogP contribution in [-0.4, -0.2) is 20.0 Å². The van der Waals surface area contributed by atoms with Crippen LogP contribution in [-0.2, 0) is 9.84 Å². The van der Waals surface area contributed by atoms with Gasteiger partial charge < -0.3 is 14.5 Å². The molecule has 0 bridgehead atoms. The predicted molar refractivity (Wildman–Crippen MR) is 123 cm³/mol. The fourth-order valence-electron chi connectivity index (χ4n) is 3.31. The van der Waals surface area contributed by atoms with Crippen LogP contribution in [0.1, 0.15) is 25.5 Å². The lowest BCUT2D eigenvalue weighted by molar-refractivity contribution is 0.340. The zero-order valence-corrected chi connectivity index (χ0v) is 19.0. The third-order valence-electron chi connectivity index (χ3n) is 5.03. The van der Waals surface area contributed by atoms with Crippen molar-refractivity contribution in [1.82, 2.24) is 4.98 Å². The molecule has 1 heterocycles. The number of sulfone groups is 1. The molecule has 4 rings (SSSR count). The first kappa shape index (κ1) is 22.5. The van der Waals surface area contributed by atoms with E-state index in [1.807, 2.05) is 44.2 Å². The molecule has 4 aromatic rings. The van der Waals surface area contributed by atoms with Crippen molar-refractivity contribution in [2.45, 2.75) is 29.8 Å². The minimum Gasteiger partial charge on any atom is -0.494 e. The summed E-state index contributed by atoms with van der Waals surface area (Å²) in [4.78, 5) is 4.24. The maximum Gasteiger partial charge on any atom is 0.234 e. The summed E-state index contributed by atoms with van der Waals surface area (Å²) in [5.41, 5.74) is 1.54. The van der Waals surface area contributed by atoms with Crippen molar-refractivity contribution in [3.8, 4) is 17.2 Å². The standard InChI is InChI=1S/C25H23FN2O4S/c1-3-31-21-13-9-19(10-14-21)23-28-25(33(29,30)22-15-11-20(26)12-16-22)24(32-23)27-17(2)18-7-5-4-6-8-18/h4-17,27H,3H2,1-2H3. The van der Waals surface area contributed by atoms with Crippen LogP contribution >= 0.6 is 0 Å². The quantitative estimate of drug-likeness (QED) is 0.326. The van der Waals surface area contributed by atoms with Crippen LogP contribution in [0, 0.1) is 5.82 Å². The van der Waals surface area contributed by atoms with Crippen LogP contribution in [0.15, 0.2) is 93.2 Å². The van der Waals surface area contributed by atoms with E-state index in [0.717, 1.165) is 17.7 Å². The van der Waals surface area contributed by atoms with Gasteiger partial charge in [0.05, 0.1) is 17.5 Å². The van der Waals surface area contributed by atoms with Crippen LogP contribution in [0.3, 0.4) is 0 Å². The Morgan fingerprint density at radius 3 is 2.30 bits per heavy atom. The molecule has 0 amide bonds. The predicted octanol–water partition coefficient (Wildman–Crippen LogP) is 5.89. The number of nitrogens with zero attached hydrogens (tertiary/aromatic N) is 1. The highest BCUT2D eigenvalue weighted by molar-refractivity contribution is 7.91. The van der Waals surface area contributed by atoms with E-state index in [2.05, 4.69) is 10.3 Å². The van der Waals surface area contributed by atoms with Crippen molar-refractivity contribution < 1.29 is 22.0 Å². The molecule has 1 aromatic heterocycles. The van der Waals surface area contributed by atoms with Crippen molar-refractivity contribution in [2.75, 3.05) is 11.9 Å². The van der Waals surface area contributed by atoms with E-state index in [4.69, 9.17) is 9.15 Å². The molecular formula is C25H23FN2O4S. The Bertz CT molecular complexity index is 1320. The van der Waals surface area contributed by atoms with Gasteiger partial charge in [-0.15, -0.1) is 0 Å². The molecule has 1 N–H and O–H groups in total. The average molecular weight is 467 g/mol. The molecule has 0 spiro atoms. The van der Waals surface area contributed by atoms with Crippen molar-refractivity contribution in [3.63, 3.8) is 0 Å². The highest BCUT2D eigenvalue weighted by Crippen LogP contribution is 2.34. The van der Waals surface area contributed by atoms with Crippen LogP contribution in [0.25, 0.3) is 11.5 Å². The van der Waals surface area contributed by atoms with Gasteiger partial charge in [-0.3, -0.25) is 0 Å². The van der Waals surface area contributed by atoms with Crippen LogP contribution in [0.4, 0.5) is 10.3 Å². The summed E-state index contributed by atoms with van der Waals surface area (Å²) in [6.45, 7) is 4.31. The normalized spacial score (nSPS) is 12.3. The number of anilines is 1. The maximum absolute atomic E-state index is 13.4. The average Bonchev–Trinajstić information content (AvgIpc) is 3.25. The van der Waals surface area contributed by atoms with E-state index in [1.54, 1.807) is 24.3 Å². The number of oxazole rings is 1. The molecule has 8 heteroatoms. The second kappa shape index (κ2) is 9.46. The van der Waals surface area contributed by atoms with E-state index in [1.165, 1.54) is 12.1 Å². The number of nitrogens with one attached hydrogen (secondary N) is 1. The van der Waals surface area contributed by atoms with Gasteiger partial charge in [0.1, 0.15) is 11.6 Å². The molecule has 33 heavy (non-hydrogen) atoms. The van der Waals surface area contributed by atoms with Gasteiger partial charge in [0.25, 0.3) is 0 Å². The monoisotopic (exact) mass is 466 g/mol.